The third-order valence-electron chi connectivity index (χ3n) is 2.42. The summed E-state index contributed by atoms with van der Waals surface area (Å²) < 4.78 is 9.99. The zero-order valence-electron chi connectivity index (χ0n) is 9.84. The number of anilines is 1. The molecule has 0 saturated heterocycles. The number of nitrogen functional groups attached to an aromatic ring is 1. The fourth-order valence-corrected chi connectivity index (χ4v) is 1.55. The van der Waals surface area contributed by atoms with E-state index in [1.165, 1.54) is 13.3 Å². The first-order valence-corrected chi connectivity index (χ1v) is 5.32. The molecule has 6 nitrogen and oxygen atoms in total. The van der Waals surface area contributed by atoms with Crippen molar-refractivity contribution in [1.29, 1.82) is 0 Å². The summed E-state index contributed by atoms with van der Waals surface area (Å²) in [4.78, 5) is 12.0. The van der Waals surface area contributed by atoms with Crippen LogP contribution in [0.25, 0.3) is 0 Å². The molecule has 3 N–H and O–H groups in total. The van der Waals surface area contributed by atoms with E-state index in [-0.39, 0.29) is 12.5 Å². The maximum absolute atomic E-state index is 12.0. The molecule has 0 atom stereocenters. The highest BCUT2D eigenvalue weighted by Gasteiger charge is 2.15. The summed E-state index contributed by atoms with van der Waals surface area (Å²) in [5, 5.41) is 6.23. The number of hydrogen-bond donors (Lipinski definition) is 2. The van der Waals surface area contributed by atoms with Gasteiger partial charge in [0.1, 0.15) is 11.3 Å². The van der Waals surface area contributed by atoms with Crippen molar-refractivity contribution in [3.8, 4) is 5.75 Å². The third-order valence-corrected chi connectivity index (χ3v) is 2.42. The lowest BCUT2D eigenvalue weighted by molar-refractivity contribution is 0.0945. The SMILES string of the molecule is COc1cccc(N)c1C(=O)NCc1ccno1. The number of methoxy groups -OCH3 is 1. The standard InChI is InChI=1S/C12H13N3O3/c1-17-10-4-2-3-9(13)11(10)12(16)14-7-8-5-6-15-18-8/h2-6H,7,13H2,1H3,(H,14,16). The number of rotatable bonds is 4. The smallest absolute Gasteiger partial charge is 0.257 e. The number of nitrogens with one attached hydrogen (secondary N) is 1. The average molecular weight is 247 g/mol. The number of aromatic nitrogens is 1. The molecule has 0 aliphatic carbocycles. The van der Waals surface area contributed by atoms with Crippen molar-refractivity contribution in [3.63, 3.8) is 0 Å². The summed E-state index contributed by atoms with van der Waals surface area (Å²) in [6, 6.07) is 6.72. The Morgan fingerprint density at radius 1 is 1.50 bits per heavy atom. The Kier molecular flexibility index (Phi) is 3.47. The first kappa shape index (κ1) is 12.0. The molecule has 94 valence electrons. The normalized spacial score (nSPS) is 10.1. The molecule has 0 unspecified atom stereocenters. The minimum absolute atomic E-state index is 0.246. The Morgan fingerprint density at radius 2 is 2.33 bits per heavy atom. The van der Waals surface area contributed by atoms with Gasteiger partial charge in [0.2, 0.25) is 0 Å². The van der Waals surface area contributed by atoms with Crippen molar-refractivity contribution >= 4 is 11.6 Å². The van der Waals surface area contributed by atoms with E-state index >= 15 is 0 Å². The molecule has 1 aromatic carbocycles. The number of hydrogen-bond acceptors (Lipinski definition) is 5. The zero-order valence-corrected chi connectivity index (χ0v) is 9.84. The molecule has 0 radical (unpaired) electrons. The van der Waals surface area contributed by atoms with Gasteiger partial charge in [-0.1, -0.05) is 11.2 Å². The molecule has 0 aliphatic heterocycles. The minimum atomic E-state index is -0.318. The van der Waals surface area contributed by atoms with Crippen molar-refractivity contribution in [2.24, 2.45) is 0 Å². The first-order chi connectivity index (χ1) is 8.72. The lowest BCUT2D eigenvalue weighted by atomic mass is 10.1. The van der Waals surface area contributed by atoms with Gasteiger partial charge in [0.15, 0.2) is 5.76 Å². The van der Waals surface area contributed by atoms with E-state index in [1.807, 2.05) is 0 Å². The van der Waals surface area contributed by atoms with Crippen LogP contribution in [0.1, 0.15) is 16.1 Å². The molecule has 2 rings (SSSR count). The number of nitrogens with two attached hydrogens (primary N) is 1. The highest BCUT2D eigenvalue weighted by molar-refractivity contribution is 6.01. The predicted octanol–water partition coefficient (Wildman–Crippen LogP) is 1.20. The topological polar surface area (TPSA) is 90.4 Å². The van der Waals surface area contributed by atoms with E-state index < -0.39 is 0 Å². The average Bonchev–Trinajstić information content (AvgIpc) is 2.88. The van der Waals surface area contributed by atoms with Gasteiger partial charge in [-0.3, -0.25) is 4.79 Å². The van der Waals surface area contributed by atoms with Crippen LogP contribution in [0.5, 0.6) is 5.75 Å². The van der Waals surface area contributed by atoms with Gasteiger partial charge < -0.3 is 20.3 Å². The van der Waals surface area contributed by atoms with E-state index in [4.69, 9.17) is 15.0 Å². The lowest BCUT2D eigenvalue weighted by Crippen LogP contribution is -2.24. The molecule has 1 amide bonds. The van der Waals surface area contributed by atoms with Crippen molar-refractivity contribution in [2.75, 3.05) is 12.8 Å². The van der Waals surface area contributed by atoms with E-state index in [1.54, 1.807) is 24.3 Å². The maximum Gasteiger partial charge on any atom is 0.257 e. The molecule has 0 saturated carbocycles. The van der Waals surface area contributed by atoms with Gasteiger partial charge in [-0.2, -0.15) is 0 Å². The van der Waals surface area contributed by atoms with E-state index in [2.05, 4.69) is 10.5 Å². The summed E-state index contributed by atoms with van der Waals surface area (Å²) >= 11 is 0. The summed E-state index contributed by atoms with van der Waals surface area (Å²) in [7, 11) is 1.49. The van der Waals surface area contributed by atoms with Gasteiger partial charge in [-0.25, -0.2) is 0 Å². The summed E-state index contributed by atoms with van der Waals surface area (Å²) in [6.07, 6.45) is 1.51. The molecule has 1 aromatic heterocycles. The highest BCUT2D eigenvalue weighted by atomic mass is 16.5. The van der Waals surface area contributed by atoms with Crippen LogP contribution in [0.15, 0.2) is 35.0 Å². The largest absolute Gasteiger partial charge is 0.496 e. The van der Waals surface area contributed by atoms with Crippen LogP contribution in [-0.4, -0.2) is 18.2 Å². The number of carbonyl (C=O) groups is 1. The van der Waals surface area contributed by atoms with E-state index in [0.717, 1.165) is 0 Å². The monoisotopic (exact) mass is 247 g/mol. The van der Waals surface area contributed by atoms with Crippen LogP contribution in [0.3, 0.4) is 0 Å². The number of nitrogens with zero attached hydrogens (tertiary/aromatic N) is 1. The molecule has 1 heterocycles. The molecule has 2 aromatic rings. The third kappa shape index (κ3) is 2.42. The van der Waals surface area contributed by atoms with Crippen molar-refractivity contribution < 1.29 is 14.1 Å². The van der Waals surface area contributed by atoms with Crippen molar-refractivity contribution in [3.05, 3.63) is 41.8 Å². The molecule has 0 fully saturated rings. The lowest BCUT2D eigenvalue weighted by Gasteiger charge is -2.10. The summed E-state index contributed by atoms with van der Waals surface area (Å²) in [5.74, 6) is 0.684. The second-order valence-electron chi connectivity index (χ2n) is 3.59. The Morgan fingerprint density at radius 3 is 3.00 bits per heavy atom. The second-order valence-corrected chi connectivity index (χ2v) is 3.59. The molecular weight excluding hydrogens is 234 g/mol. The van der Waals surface area contributed by atoms with Crippen molar-refractivity contribution in [2.45, 2.75) is 6.54 Å². The van der Waals surface area contributed by atoms with Crippen molar-refractivity contribution in [1.82, 2.24) is 10.5 Å². The Bertz CT molecular complexity index is 538. The van der Waals surface area contributed by atoms with Gasteiger partial charge in [0.25, 0.3) is 5.91 Å². The predicted molar refractivity (Wildman–Crippen MR) is 65.1 cm³/mol. The molecule has 6 heteroatoms. The first-order valence-electron chi connectivity index (χ1n) is 5.32. The molecular formula is C12H13N3O3. The minimum Gasteiger partial charge on any atom is -0.496 e. The summed E-state index contributed by atoms with van der Waals surface area (Å²) in [5.41, 5.74) is 6.45. The van der Waals surface area contributed by atoms with Crippen LogP contribution < -0.4 is 15.8 Å². The number of carbonyl (C=O) groups excluding carboxylic acids is 1. The van der Waals surface area contributed by atoms with Gasteiger partial charge in [-0.15, -0.1) is 0 Å². The fraction of sp³-hybridized carbons (Fsp3) is 0.167. The van der Waals surface area contributed by atoms with Gasteiger partial charge in [0.05, 0.1) is 19.9 Å². The maximum atomic E-state index is 12.0. The number of ether oxygens (including phenoxy) is 1. The fourth-order valence-electron chi connectivity index (χ4n) is 1.55. The molecule has 0 bridgehead atoms. The Labute approximate surface area is 104 Å². The van der Waals surface area contributed by atoms with Crippen LogP contribution >= 0.6 is 0 Å². The van der Waals surface area contributed by atoms with Gasteiger partial charge >= 0.3 is 0 Å². The van der Waals surface area contributed by atoms with E-state index in [0.29, 0.717) is 22.8 Å². The molecule has 18 heavy (non-hydrogen) atoms. The van der Waals surface area contributed by atoms with Crippen LogP contribution in [-0.2, 0) is 6.54 Å². The second kappa shape index (κ2) is 5.22. The Balaban J connectivity index is 2.13. The van der Waals surface area contributed by atoms with E-state index in [9.17, 15) is 4.79 Å². The molecule has 0 aliphatic rings. The zero-order chi connectivity index (χ0) is 13.0. The highest BCUT2D eigenvalue weighted by Crippen LogP contribution is 2.23. The Hall–Kier alpha value is -2.50. The molecule has 0 spiro atoms. The van der Waals surface area contributed by atoms with Crippen LogP contribution in [0, 0.1) is 0 Å². The number of benzene rings is 1. The van der Waals surface area contributed by atoms with Crippen LogP contribution in [0.4, 0.5) is 5.69 Å². The van der Waals surface area contributed by atoms with Gasteiger partial charge in [0, 0.05) is 11.8 Å². The quantitative estimate of drug-likeness (QED) is 0.792. The van der Waals surface area contributed by atoms with Crippen LogP contribution in [0.2, 0.25) is 0 Å². The summed E-state index contributed by atoms with van der Waals surface area (Å²) in [6.45, 7) is 0.246. The number of amides is 1. The van der Waals surface area contributed by atoms with Gasteiger partial charge in [-0.05, 0) is 12.1 Å².